The Hall–Kier alpha value is 0.290. The molecule has 0 atom stereocenters. The van der Waals surface area contributed by atoms with E-state index in [0.717, 1.165) is 5.88 Å². The van der Waals surface area contributed by atoms with Gasteiger partial charge in [-0.1, -0.05) is 72.1 Å². The summed E-state index contributed by atoms with van der Waals surface area (Å²) in [5.74, 6) is 0.833. The van der Waals surface area contributed by atoms with Gasteiger partial charge in [-0.05, 0) is 31.1 Å². The number of hydrogen-bond acceptors (Lipinski definition) is 0. The van der Waals surface area contributed by atoms with Crippen LogP contribution in [0.2, 0.25) is 0 Å². The maximum Gasteiger partial charge on any atom is 0.0223 e. The number of rotatable bonds is 13. The highest BCUT2D eigenvalue weighted by Crippen LogP contribution is 2.36. The van der Waals surface area contributed by atoms with Gasteiger partial charge in [0.1, 0.15) is 0 Å². The summed E-state index contributed by atoms with van der Waals surface area (Å²) in [6, 6.07) is 0. The quantitative estimate of drug-likeness (QED) is 0.252. The van der Waals surface area contributed by atoms with Gasteiger partial charge in [0.25, 0.3) is 0 Å². The molecule has 110 valence electrons. The van der Waals surface area contributed by atoms with Crippen LogP contribution in [0.4, 0.5) is 0 Å². The van der Waals surface area contributed by atoms with E-state index >= 15 is 0 Å². The van der Waals surface area contributed by atoms with Crippen LogP contribution >= 0.6 is 11.6 Å². The second-order valence-corrected chi connectivity index (χ2v) is 6.60. The smallest absolute Gasteiger partial charge is 0.0223 e. The normalized spacial score (nSPS) is 12.0. The lowest BCUT2D eigenvalue weighted by Gasteiger charge is -2.30. The predicted molar refractivity (Wildman–Crippen MR) is 85.6 cm³/mol. The average molecular weight is 275 g/mol. The molecule has 0 aliphatic heterocycles. The molecule has 0 saturated carbocycles. The molecular formula is C17H35Cl. The largest absolute Gasteiger partial charge is 0.127 e. The fourth-order valence-corrected chi connectivity index (χ4v) is 2.96. The van der Waals surface area contributed by atoms with E-state index in [4.69, 9.17) is 11.6 Å². The molecule has 0 fully saturated rings. The van der Waals surface area contributed by atoms with Crippen molar-refractivity contribution in [1.29, 1.82) is 0 Å². The predicted octanol–water partition coefficient (Wildman–Crippen LogP) is 6.95. The first-order valence-electron chi connectivity index (χ1n) is 8.24. The van der Waals surface area contributed by atoms with Crippen LogP contribution in [0.3, 0.4) is 0 Å². The Morgan fingerprint density at radius 3 is 1.50 bits per heavy atom. The molecular weight excluding hydrogens is 240 g/mol. The lowest BCUT2D eigenvalue weighted by atomic mass is 9.76. The SMILES string of the molecule is CCCCCCC(C)(CCCCl)CCCCCC. The van der Waals surface area contributed by atoms with E-state index in [9.17, 15) is 0 Å². The van der Waals surface area contributed by atoms with Crippen molar-refractivity contribution in [2.24, 2.45) is 5.41 Å². The standard InChI is InChI=1S/C17H35Cl/c1-4-6-8-10-13-17(3,15-12-16-18)14-11-9-7-5-2/h4-16H2,1-3H3. The summed E-state index contributed by atoms with van der Waals surface area (Å²) < 4.78 is 0. The van der Waals surface area contributed by atoms with Crippen LogP contribution in [-0.2, 0) is 0 Å². The molecule has 0 heterocycles. The Kier molecular flexibility index (Phi) is 12.5. The Morgan fingerprint density at radius 1 is 0.667 bits per heavy atom. The zero-order valence-electron chi connectivity index (χ0n) is 13.1. The van der Waals surface area contributed by atoms with Gasteiger partial charge < -0.3 is 0 Å². The molecule has 0 spiro atoms. The van der Waals surface area contributed by atoms with Crippen LogP contribution in [0, 0.1) is 5.41 Å². The molecule has 0 unspecified atom stereocenters. The zero-order valence-corrected chi connectivity index (χ0v) is 13.8. The van der Waals surface area contributed by atoms with Gasteiger partial charge in [-0.25, -0.2) is 0 Å². The molecule has 0 nitrogen and oxygen atoms in total. The van der Waals surface area contributed by atoms with Crippen molar-refractivity contribution in [3.8, 4) is 0 Å². The summed E-state index contributed by atoms with van der Waals surface area (Å²) in [5, 5.41) is 0. The van der Waals surface area contributed by atoms with Crippen molar-refractivity contribution in [2.75, 3.05) is 5.88 Å². The van der Waals surface area contributed by atoms with Gasteiger partial charge in [0.2, 0.25) is 0 Å². The maximum atomic E-state index is 5.88. The molecule has 0 aliphatic carbocycles. The average Bonchev–Trinajstić information content (AvgIpc) is 2.38. The van der Waals surface area contributed by atoms with Crippen molar-refractivity contribution in [3.05, 3.63) is 0 Å². The van der Waals surface area contributed by atoms with E-state index in [1.165, 1.54) is 77.0 Å². The fraction of sp³-hybridized carbons (Fsp3) is 1.00. The van der Waals surface area contributed by atoms with Gasteiger partial charge in [0, 0.05) is 5.88 Å². The maximum absolute atomic E-state index is 5.88. The second-order valence-electron chi connectivity index (χ2n) is 6.22. The van der Waals surface area contributed by atoms with Crippen molar-refractivity contribution in [2.45, 2.75) is 97.8 Å². The minimum absolute atomic E-state index is 0.566. The minimum Gasteiger partial charge on any atom is -0.127 e. The molecule has 0 aromatic heterocycles. The number of halogens is 1. The number of unbranched alkanes of at least 4 members (excludes halogenated alkanes) is 6. The molecule has 0 amide bonds. The third kappa shape index (κ3) is 10.2. The molecule has 0 rings (SSSR count). The van der Waals surface area contributed by atoms with Gasteiger partial charge in [-0.2, -0.15) is 0 Å². The van der Waals surface area contributed by atoms with Crippen LogP contribution < -0.4 is 0 Å². The summed E-state index contributed by atoms with van der Waals surface area (Å²) in [6.07, 6.45) is 16.5. The van der Waals surface area contributed by atoms with E-state index in [0.29, 0.717) is 5.41 Å². The van der Waals surface area contributed by atoms with E-state index in [2.05, 4.69) is 20.8 Å². The van der Waals surface area contributed by atoms with Crippen LogP contribution in [-0.4, -0.2) is 5.88 Å². The fourth-order valence-electron chi connectivity index (χ4n) is 2.83. The minimum atomic E-state index is 0.566. The van der Waals surface area contributed by atoms with Crippen molar-refractivity contribution < 1.29 is 0 Å². The Morgan fingerprint density at radius 2 is 1.11 bits per heavy atom. The highest BCUT2D eigenvalue weighted by molar-refractivity contribution is 6.17. The first-order valence-corrected chi connectivity index (χ1v) is 8.78. The summed E-state index contributed by atoms with van der Waals surface area (Å²) in [5.41, 5.74) is 0.566. The van der Waals surface area contributed by atoms with Crippen LogP contribution in [0.15, 0.2) is 0 Å². The summed E-state index contributed by atoms with van der Waals surface area (Å²) in [6.45, 7) is 7.08. The monoisotopic (exact) mass is 274 g/mol. The van der Waals surface area contributed by atoms with Crippen LogP contribution in [0.5, 0.6) is 0 Å². The molecule has 0 aromatic rings. The molecule has 0 saturated heterocycles. The zero-order chi connectivity index (χ0) is 13.7. The number of alkyl halides is 1. The van der Waals surface area contributed by atoms with Crippen LogP contribution in [0.1, 0.15) is 97.8 Å². The van der Waals surface area contributed by atoms with E-state index in [1.54, 1.807) is 0 Å². The molecule has 0 aliphatic rings. The first-order chi connectivity index (χ1) is 8.68. The molecule has 0 radical (unpaired) electrons. The lowest BCUT2D eigenvalue weighted by molar-refractivity contribution is 0.229. The molecule has 18 heavy (non-hydrogen) atoms. The third-order valence-corrected chi connectivity index (χ3v) is 4.45. The van der Waals surface area contributed by atoms with Crippen LogP contribution in [0.25, 0.3) is 0 Å². The van der Waals surface area contributed by atoms with Crippen molar-refractivity contribution in [3.63, 3.8) is 0 Å². The number of hydrogen-bond donors (Lipinski definition) is 0. The van der Waals surface area contributed by atoms with Crippen molar-refractivity contribution in [1.82, 2.24) is 0 Å². The second kappa shape index (κ2) is 12.3. The highest BCUT2D eigenvalue weighted by Gasteiger charge is 2.22. The van der Waals surface area contributed by atoms with E-state index in [-0.39, 0.29) is 0 Å². The summed E-state index contributed by atoms with van der Waals surface area (Å²) in [4.78, 5) is 0. The highest BCUT2D eigenvalue weighted by atomic mass is 35.5. The van der Waals surface area contributed by atoms with Gasteiger partial charge in [-0.15, -0.1) is 11.6 Å². The summed E-state index contributed by atoms with van der Waals surface area (Å²) >= 11 is 5.88. The van der Waals surface area contributed by atoms with Gasteiger partial charge >= 0.3 is 0 Å². The Balaban J connectivity index is 3.90. The summed E-state index contributed by atoms with van der Waals surface area (Å²) in [7, 11) is 0. The molecule has 1 heteroatoms. The molecule has 0 bridgehead atoms. The Bertz CT molecular complexity index is 153. The lowest BCUT2D eigenvalue weighted by Crippen LogP contribution is -2.17. The van der Waals surface area contributed by atoms with Gasteiger partial charge in [0.05, 0.1) is 0 Å². The van der Waals surface area contributed by atoms with Crippen molar-refractivity contribution >= 4 is 11.6 Å². The Labute approximate surface area is 121 Å². The van der Waals surface area contributed by atoms with E-state index < -0.39 is 0 Å². The molecule has 0 aromatic carbocycles. The third-order valence-electron chi connectivity index (χ3n) is 4.18. The first kappa shape index (κ1) is 18.3. The molecule has 0 N–H and O–H groups in total. The van der Waals surface area contributed by atoms with Gasteiger partial charge in [0.15, 0.2) is 0 Å². The van der Waals surface area contributed by atoms with E-state index in [1.807, 2.05) is 0 Å². The topological polar surface area (TPSA) is 0 Å². The van der Waals surface area contributed by atoms with Gasteiger partial charge in [-0.3, -0.25) is 0 Å².